The van der Waals surface area contributed by atoms with Gasteiger partial charge in [0.25, 0.3) is 5.91 Å². The molecule has 0 atom stereocenters. The van der Waals surface area contributed by atoms with Gasteiger partial charge in [-0.1, -0.05) is 30.3 Å². The first-order valence-corrected chi connectivity index (χ1v) is 11.5. The molecular weight excluding hydrogens is 400 g/mol. The lowest BCUT2D eigenvalue weighted by Gasteiger charge is -2.35. The summed E-state index contributed by atoms with van der Waals surface area (Å²) in [6.07, 6.45) is 0. The van der Waals surface area contributed by atoms with Gasteiger partial charge < -0.3 is 14.2 Å². The van der Waals surface area contributed by atoms with Gasteiger partial charge in [-0.05, 0) is 48.9 Å². The second-order valence-electron chi connectivity index (χ2n) is 7.46. The zero-order valence-electron chi connectivity index (χ0n) is 16.8. The Bertz CT molecular complexity index is 1130. The van der Waals surface area contributed by atoms with E-state index in [1.54, 1.807) is 47.4 Å². The molecule has 0 N–H and O–H groups in total. The van der Waals surface area contributed by atoms with Gasteiger partial charge in [-0.2, -0.15) is 0 Å². The van der Waals surface area contributed by atoms with Crippen molar-refractivity contribution >= 4 is 21.4 Å². The van der Waals surface area contributed by atoms with Crippen LogP contribution in [0.4, 0.5) is 5.69 Å². The predicted octanol–water partition coefficient (Wildman–Crippen LogP) is 3.52. The van der Waals surface area contributed by atoms with Crippen molar-refractivity contribution in [3.8, 4) is 0 Å². The third-order valence-corrected chi connectivity index (χ3v) is 6.90. The maximum Gasteiger partial charge on any atom is 0.289 e. The summed E-state index contributed by atoms with van der Waals surface area (Å²) in [6, 6.07) is 19.7. The maximum atomic E-state index is 12.8. The number of benzene rings is 2. The second-order valence-corrected chi connectivity index (χ2v) is 9.45. The van der Waals surface area contributed by atoms with Crippen LogP contribution in [0, 0.1) is 6.92 Å². The van der Waals surface area contributed by atoms with Crippen molar-refractivity contribution in [1.29, 1.82) is 0 Å². The number of nitrogens with zero attached hydrogens (tertiary/aromatic N) is 2. The van der Waals surface area contributed by atoms with E-state index in [1.807, 2.05) is 6.07 Å². The third kappa shape index (κ3) is 4.41. The van der Waals surface area contributed by atoms with Crippen LogP contribution in [0.3, 0.4) is 0 Å². The molecule has 0 radical (unpaired) electrons. The Morgan fingerprint density at radius 3 is 2.37 bits per heavy atom. The highest BCUT2D eigenvalue weighted by Gasteiger charge is 2.25. The molecule has 3 aromatic rings. The highest BCUT2D eigenvalue weighted by atomic mass is 32.2. The summed E-state index contributed by atoms with van der Waals surface area (Å²) in [7, 11) is -3.52. The van der Waals surface area contributed by atoms with Gasteiger partial charge in [0.2, 0.25) is 0 Å². The van der Waals surface area contributed by atoms with Gasteiger partial charge in [-0.3, -0.25) is 4.79 Å². The average molecular weight is 425 g/mol. The summed E-state index contributed by atoms with van der Waals surface area (Å²) in [6.45, 7) is 4.72. The van der Waals surface area contributed by atoms with E-state index in [-0.39, 0.29) is 28.1 Å². The minimum Gasteiger partial charge on any atom is -0.455 e. The fourth-order valence-electron chi connectivity index (χ4n) is 3.62. The van der Waals surface area contributed by atoms with Crippen LogP contribution in [0.2, 0.25) is 0 Å². The summed E-state index contributed by atoms with van der Waals surface area (Å²) in [4.78, 5) is 17.1. The number of furan rings is 1. The molecule has 4 rings (SSSR count). The largest absolute Gasteiger partial charge is 0.455 e. The lowest BCUT2D eigenvalue weighted by atomic mass is 10.2. The van der Waals surface area contributed by atoms with E-state index in [0.29, 0.717) is 13.1 Å². The van der Waals surface area contributed by atoms with Crippen molar-refractivity contribution in [3.05, 3.63) is 83.8 Å². The fraction of sp³-hybridized carbons (Fsp3) is 0.261. The smallest absolute Gasteiger partial charge is 0.289 e. The predicted molar refractivity (Wildman–Crippen MR) is 115 cm³/mol. The van der Waals surface area contributed by atoms with Crippen molar-refractivity contribution in [3.63, 3.8) is 0 Å². The number of anilines is 1. The van der Waals surface area contributed by atoms with Gasteiger partial charge in [0, 0.05) is 31.9 Å². The van der Waals surface area contributed by atoms with E-state index < -0.39 is 9.84 Å². The van der Waals surface area contributed by atoms with E-state index in [0.717, 1.165) is 18.8 Å². The Balaban J connectivity index is 1.39. The molecule has 6 nitrogen and oxygen atoms in total. The van der Waals surface area contributed by atoms with Gasteiger partial charge in [-0.15, -0.1) is 0 Å². The van der Waals surface area contributed by atoms with Crippen LogP contribution in [0.1, 0.15) is 21.9 Å². The fourth-order valence-corrected chi connectivity index (χ4v) is 4.89. The first-order chi connectivity index (χ1) is 14.4. The molecule has 1 amide bonds. The van der Waals surface area contributed by atoms with Crippen LogP contribution >= 0.6 is 0 Å². The Morgan fingerprint density at radius 2 is 1.67 bits per heavy atom. The first-order valence-electron chi connectivity index (χ1n) is 9.90. The molecular formula is C23H24N2O4S. The number of aryl methyl sites for hydroxylation is 1. The molecule has 0 bridgehead atoms. The third-order valence-electron chi connectivity index (χ3n) is 5.24. The Kier molecular flexibility index (Phi) is 5.63. The molecule has 30 heavy (non-hydrogen) atoms. The standard InChI is InChI=1S/C23H24N2O4S/c1-18-6-5-7-19(16-18)24-12-14-25(15-13-24)23(26)22-11-10-20(29-22)17-30(27,28)21-8-3-2-4-9-21/h2-11,16H,12-15,17H2,1H3. The van der Waals surface area contributed by atoms with Crippen LogP contribution in [0.15, 0.2) is 76.0 Å². The molecule has 0 saturated carbocycles. The van der Waals surface area contributed by atoms with Crippen LogP contribution in [0.25, 0.3) is 0 Å². The summed E-state index contributed by atoms with van der Waals surface area (Å²) in [5.74, 6) is -0.0362. The average Bonchev–Trinajstić information content (AvgIpc) is 3.22. The molecule has 0 spiro atoms. The van der Waals surface area contributed by atoms with Crippen molar-refractivity contribution in [2.75, 3.05) is 31.1 Å². The number of hydrogen-bond acceptors (Lipinski definition) is 5. The monoisotopic (exact) mass is 424 g/mol. The van der Waals surface area contributed by atoms with Crippen molar-refractivity contribution in [2.45, 2.75) is 17.6 Å². The van der Waals surface area contributed by atoms with Crippen molar-refractivity contribution < 1.29 is 17.6 Å². The minimum absolute atomic E-state index is 0.178. The van der Waals surface area contributed by atoms with E-state index in [9.17, 15) is 13.2 Å². The summed E-state index contributed by atoms with van der Waals surface area (Å²) < 4.78 is 30.6. The molecule has 156 valence electrons. The van der Waals surface area contributed by atoms with E-state index in [2.05, 4.69) is 30.0 Å². The number of carbonyl (C=O) groups is 1. The lowest BCUT2D eigenvalue weighted by Crippen LogP contribution is -2.48. The van der Waals surface area contributed by atoms with Gasteiger partial charge >= 0.3 is 0 Å². The second kappa shape index (κ2) is 8.36. The number of piperazine rings is 1. The molecule has 0 aliphatic carbocycles. The van der Waals surface area contributed by atoms with Crippen molar-refractivity contribution in [1.82, 2.24) is 4.90 Å². The van der Waals surface area contributed by atoms with Gasteiger partial charge in [-0.25, -0.2) is 8.42 Å². The lowest BCUT2D eigenvalue weighted by molar-refractivity contribution is 0.0713. The molecule has 1 aliphatic heterocycles. The van der Waals surface area contributed by atoms with E-state index in [1.165, 1.54) is 5.56 Å². The maximum absolute atomic E-state index is 12.8. The van der Waals surface area contributed by atoms with Gasteiger partial charge in [0.1, 0.15) is 11.5 Å². The number of hydrogen-bond donors (Lipinski definition) is 0. The van der Waals surface area contributed by atoms with Gasteiger partial charge in [0.05, 0.1) is 4.90 Å². The molecule has 7 heteroatoms. The molecule has 2 aromatic carbocycles. The highest BCUT2D eigenvalue weighted by molar-refractivity contribution is 7.90. The summed E-state index contributed by atoms with van der Waals surface area (Å²) in [5.41, 5.74) is 2.37. The zero-order valence-corrected chi connectivity index (χ0v) is 17.6. The van der Waals surface area contributed by atoms with Crippen LogP contribution < -0.4 is 4.90 Å². The Hall–Kier alpha value is -3.06. The molecule has 1 aliphatic rings. The highest BCUT2D eigenvalue weighted by Crippen LogP contribution is 2.21. The molecule has 1 saturated heterocycles. The van der Waals surface area contributed by atoms with Crippen molar-refractivity contribution in [2.24, 2.45) is 0 Å². The molecule has 0 unspecified atom stereocenters. The number of sulfone groups is 1. The van der Waals surface area contributed by atoms with Crippen LogP contribution in [-0.2, 0) is 15.6 Å². The number of carbonyl (C=O) groups excluding carboxylic acids is 1. The number of amides is 1. The van der Waals surface area contributed by atoms with E-state index in [4.69, 9.17) is 4.42 Å². The topological polar surface area (TPSA) is 70.8 Å². The summed E-state index contributed by atoms with van der Waals surface area (Å²) >= 11 is 0. The first kappa shape index (κ1) is 20.2. The van der Waals surface area contributed by atoms with Crippen LogP contribution in [0.5, 0.6) is 0 Å². The molecule has 2 heterocycles. The quantitative estimate of drug-likeness (QED) is 0.627. The minimum atomic E-state index is -3.52. The number of rotatable bonds is 5. The molecule has 1 aromatic heterocycles. The zero-order chi connectivity index (χ0) is 21.1. The summed E-state index contributed by atoms with van der Waals surface area (Å²) in [5, 5.41) is 0. The molecule has 1 fully saturated rings. The Labute approximate surface area is 176 Å². The van der Waals surface area contributed by atoms with Gasteiger partial charge in [0.15, 0.2) is 15.6 Å². The Morgan fingerprint density at radius 1 is 0.933 bits per heavy atom. The van der Waals surface area contributed by atoms with E-state index >= 15 is 0 Å². The van der Waals surface area contributed by atoms with Crippen LogP contribution in [-0.4, -0.2) is 45.4 Å². The normalized spacial score (nSPS) is 14.7. The SMILES string of the molecule is Cc1cccc(N2CCN(C(=O)c3ccc(CS(=O)(=O)c4ccccc4)o3)CC2)c1.